The van der Waals surface area contributed by atoms with Crippen LogP contribution in [0.2, 0.25) is 5.02 Å². The molecular formula is C33H38ClN3O7. The molecule has 3 aromatic rings. The minimum atomic E-state index is -1.08. The first kappa shape index (κ1) is 34.1. The SMILES string of the molecule is CCC(=O)c1ccc(Cl)cc1C(=C/C=O)/C(=C\N(C)C(CCOC(C)(C)C)C(=O)Nc1ccc2[nH]c(C(=O)O)cc2c1)OC. The van der Waals surface area contributed by atoms with Gasteiger partial charge in [0.15, 0.2) is 5.78 Å². The van der Waals surface area contributed by atoms with Gasteiger partial charge in [0.25, 0.3) is 0 Å². The van der Waals surface area contributed by atoms with Crippen molar-refractivity contribution in [3.63, 3.8) is 0 Å². The van der Waals surface area contributed by atoms with E-state index in [0.717, 1.165) is 0 Å². The standard InChI is InChI=1S/C33H38ClN3O7/c1-7-29(39)23-10-8-21(34)18-25(23)24(12-14-38)30(43-6)19-37(5)28(13-15-44-33(2,3)4)31(40)35-22-9-11-26-20(16-22)17-27(36-26)32(41)42/h8-12,14,16-19,28,36H,7,13,15H2,1-6H3,(H,35,40)(H,41,42)/b24-12-,30-19+. The summed E-state index contributed by atoms with van der Waals surface area (Å²) in [6.45, 7) is 7.77. The molecular weight excluding hydrogens is 586 g/mol. The van der Waals surface area contributed by atoms with Crippen LogP contribution in [0, 0.1) is 0 Å². The average Bonchev–Trinajstić information content (AvgIpc) is 3.40. The molecule has 1 heterocycles. The molecule has 0 aliphatic carbocycles. The molecule has 0 radical (unpaired) electrons. The largest absolute Gasteiger partial charge is 0.495 e. The molecule has 3 rings (SSSR count). The third kappa shape index (κ3) is 8.81. The number of aromatic carboxylic acids is 1. The lowest BCUT2D eigenvalue weighted by atomic mass is 9.94. The summed E-state index contributed by atoms with van der Waals surface area (Å²) >= 11 is 6.28. The Balaban J connectivity index is 1.99. The van der Waals surface area contributed by atoms with Crippen molar-refractivity contribution in [2.75, 3.05) is 26.1 Å². The number of nitrogens with one attached hydrogen (secondary N) is 2. The molecule has 1 aromatic heterocycles. The van der Waals surface area contributed by atoms with Crippen LogP contribution >= 0.6 is 11.6 Å². The van der Waals surface area contributed by atoms with Gasteiger partial charge in [0.1, 0.15) is 23.8 Å². The van der Waals surface area contributed by atoms with Gasteiger partial charge in [-0.15, -0.1) is 0 Å². The number of hydrogen-bond acceptors (Lipinski definition) is 7. The third-order valence-corrected chi connectivity index (χ3v) is 7.01. The number of fused-ring (bicyclic) bond motifs is 1. The number of carboxylic acids is 1. The molecule has 1 amide bonds. The number of nitrogens with zero attached hydrogens (tertiary/aromatic N) is 1. The molecule has 3 N–H and O–H groups in total. The number of halogens is 1. The number of allylic oxidation sites excluding steroid dienone is 2. The maximum Gasteiger partial charge on any atom is 0.352 e. The average molecular weight is 624 g/mol. The Morgan fingerprint density at radius 2 is 1.84 bits per heavy atom. The van der Waals surface area contributed by atoms with Gasteiger partial charge >= 0.3 is 5.97 Å². The first-order valence-electron chi connectivity index (χ1n) is 14.1. The lowest BCUT2D eigenvalue weighted by Gasteiger charge is -2.29. The first-order chi connectivity index (χ1) is 20.8. The second-order valence-electron chi connectivity index (χ2n) is 11.1. The lowest BCUT2D eigenvalue weighted by molar-refractivity contribution is -0.121. The van der Waals surface area contributed by atoms with E-state index in [1.54, 1.807) is 61.5 Å². The molecule has 0 aliphatic rings. The Morgan fingerprint density at radius 3 is 2.45 bits per heavy atom. The van der Waals surface area contributed by atoms with Gasteiger partial charge in [-0.05, 0) is 74.9 Å². The van der Waals surface area contributed by atoms with Gasteiger partial charge in [0.2, 0.25) is 5.91 Å². The number of anilines is 1. The molecule has 0 fully saturated rings. The number of amides is 1. The Bertz CT molecular complexity index is 1600. The Kier molecular flexibility index (Phi) is 11.5. The molecule has 11 heteroatoms. The molecule has 0 bridgehead atoms. The van der Waals surface area contributed by atoms with E-state index < -0.39 is 17.6 Å². The fraction of sp³-hybridized carbons (Fsp3) is 0.333. The maximum atomic E-state index is 13.7. The van der Waals surface area contributed by atoms with E-state index in [2.05, 4.69) is 10.3 Å². The number of carboxylic acid groups (broad SMARTS) is 1. The van der Waals surface area contributed by atoms with Crippen molar-refractivity contribution >= 4 is 57.7 Å². The van der Waals surface area contributed by atoms with Crippen LogP contribution in [0.5, 0.6) is 0 Å². The van der Waals surface area contributed by atoms with Crippen LogP contribution in [0.4, 0.5) is 5.69 Å². The second-order valence-corrected chi connectivity index (χ2v) is 11.5. The number of aldehydes is 1. The van der Waals surface area contributed by atoms with E-state index in [9.17, 15) is 24.3 Å². The van der Waals surface area contributed by atoms with Crippen LogP contribution in [0.15, 0.2) is 60.5 Å². The molecule has 0 spiro atoms. The minimum absolute atomic E-state index is 0.0420. The number of ketones is 1. The summed E-state index contributed by atoms with van der Waals surface area (Å²) in [7, 11) is 3.13. The number of likely N-dealkylation sites (N-methyl/N-ethyl adjacent to an activating group) is 1. The number of ether oxygens (including phenoxy) is 2. The quantitative estimate of drug-likeness (QED) is 0.0623. The van der Waals surface area contributed by atoms with Crippen molar-refractivity contribution in [1.82, 2.24) is 9.88 Å². The number of methoxy groups -OCH3 is 1. The summed E-state index contributed by atoms with van der Waals surface area (Å²) < 4.78 is 11.6. The number of benzene rings is 2. The van der Waals surface area contributed by atoms with E-state index in [0.29, 0.717) is 51.0 Å². The van der Waals surface area contributed by atoms with Crippen molar-refractivity contribution < 1.29 is 33.8 Å². The number of aromatic amines is 1. The normalized spacial score (nSPS) is 13.0. The summed E-state index contributed by atoms with van der Waals surface area (Å²) in [6.07, 6.45) is 4.02. The van der Waals surface area contributed by atoms with E-state index in [4.69, 9.17) is 21.1 Å². The molecule has 1 unspecified atom stereocenters. The molecule has 2 aromatic carbocycles. The van der Waals surface area contributed by atoms with Gasteiger partial charge in [-0.25, -0.2) is 4.79 Å². The number of carbonyl (C=O) groups excluding carboxylic acids is 3. The molecule has 10 nitrogen and oxygen atoms in total. The zero-order valence-electron chi connectivity index (χ0n) is 25.7. The van der Waals surface area contributed by atoms with Crippen molar-refractivity contribution in [2.45, 2.75) is 52.2 Å². The Morgan fingerprint density at radius 1 is 1.11 bits per heavy atom. The highest BCUT2D eigenvalue weighted by molar-refractivity contribution is 6.31. The van der Waals surface area contributed by atoms with Crippen molar-refractivity contribution in [2.24, 2.45) is 0 Å². The van der Waals surface area contributed by atoms with Gasteiger partial charge in [-0.3, -0.25) is 14.4 Å². The highest BCUT2D eigenvalue weighted by Crippen LogP contribution is 2.31. The van der Waals surface area contributed by atoms with Crippen LogP contribution in [0.3, 0.4) is 0 Å². The van der Waals surface area contributed by atoms with Crippen LogP contribution < -0.4 is 5.32 Å². The summed E-state index contributed by atoms with van der Waals surface area (Å²) in [6, 6.07) is 10.6. The predicted molar refractivity (Wildman–Crippen MR) is 171 cm³/mol. The van der Waals surface area contributed by atoms with E-state index >= 15 is 0 Å². The van der Waals surface area contributed by atoms with Crippen molar-refractivity contribution in [3.05, 3.63) is 82.3 Å². The topological polar surface area (TPSA) is 138 Å². The first-order valence-corrected chi connectivity index (χ1v) is 14.4. The molecule has 0 saturated carbocycles. The zero-order chi connectivity index (χ0) is 32.6. The summed E-state index contributed by atoms with van der Waals surface area (Å²) in [4.78, 5) is 54.0. The summed E-state index contributed by atoms with van der Waals surface area (Å²) in [5.41, 5.74) is 1.85. The molecule has 44 heavy (non-hydrogen) atoms. The molecule has 234 valence electrons. The van der Waals surface area contributed by atoms with Crippen LogP contribution in [-0.2, 0) is 19.1 Å². The number of rotatable bonds is 14. The highest BCUT2D eigenvalue weighted by Gasteiger charge is 2.25. The smallest absolute Gasteiger partial charge is 0.352 e. The Labute approximate surface area is 261 Å². The Hall–Kier alpha value is -4.41. The van der Waals surface area contributed by atoms with Gasteiger partial charge in [0, 0.05) is 65.4 Å². The lowest BCUT2D eigenvalue weighted by Crippen LogP contribution is -2.41. The fourth-order valence-corrected chi connectivity index (χ4v) is 4.77. The van der Waals surface area contributed by atoms with Gasteiger partial charge in [0.05, 0.1) is 12.7 Å². The minimum Gasteiger partial charge on any atom is -0.495 e. The number of Topliss-reactive ketones (excluding diaryl/α,β-unsaturated/α-hetero) is 1. The number of hydrogen-bond donors (Lipinski definition) is 3. The molecule has 0 saturated heterocycles. The number of carbonyl (C=O) groups is 4. The number of H-pyrrole nitrogens is 1. The van der Waals surface area contributed by atoms with Crippen molar-refractivity contribution in [3.8, 4) is 0 Å². The van der Waals surface area contributed by atoms with Crippen LogP contribution in [0.25, 0.3) is 16.5 Å². The highest BCUT2D eigenvalue weighted by atomic mass is 35.5. The predicted octanol–water partition coefficient (Wildman–Crippen LogP) is 6.33. The van der Waals surface area contributed by atoms with E-state index in [1.807, 2.05) is 20.8 Å². The molecule has 1 atom stereocenters. The van der Waals surface area contributed by atoms with Gasteiger partial charge in [-0.1, -0.05) is 18.5 Å². The zero-order valence-corrected chi connectivity index (χ0v) is 26.4. The van der Waals surface area contributed by atoms with Crippen LogP contribution in [-0.4, -0.2) is 71.3 Å². The molecule has 0 aliphatic heterocycles. The van der Waals surface area contributed by atoms with Crippen molar-refractivity contribution in [1.29, 1.82) is 0 Å². The number of aromatic nitrogens is 1. The summed E-state index contributed by atoms with van der Waals surface area (Å²) in [5, 5.41) is 13.2. The van der Waals surface area contributed by atoms with E-state index in [1.165, 1.54) is 19.3 Å². The third-order valence-electron chi connectivity index (χ3n) is 6.77. The summed E-state index contributed by atoms with van der Waals surface area (Å²) in [5.74, 6) is -1.34. The van der Waals surface area contributed by atoms with Gasteiger partial charge < -0.3 is 29.8 Å². The second kappa shape index (κ2) is 14.9. The van der Waals surface area contributed by atoms with E-state index in [-0.39, 0.29) is 36.2 Å². The monoisotopic (exact) mass is 623 g/mol. The fourth-order valence-electron chi connectivity index (χ4n) is 4.60. The van der Waals surface area contributed by atoms with Crippen LogP contribution in [0.1, 0.15) is 66.9 Å². The van der Waals surface area contributed by atoms with Gasteiger partial charge in [-0.2, -0.15) is 0 Å². The maximum absolute atomic E-state index is 13.7.